The molecule has 0 radical (unpaired) electrons. The zero-order valence-electron chi connectivity index (χ0n) is 25.7. The van der Waals surface area contributed by atoms with Gasteiger partial charge in [0.25, 0.3) is 5.91 Å². The number of amides is 2. The van der Waals surface area contributed by atoms with E-state index in [9.17, 15) is 9.59 Å². The Morgan fingerprint density at radius 1 is 0.913 bits per heavy atom. The SMILES string of the molecule is COc1cccc(CN(C(=O)C2=C(c3ccc(OCCOc4cc(Cl)c(Cl)cc4Cl)cc3)CC3CN(C(C)=O)CC2N3)C2CC2)c1. The van der Waals surface area contributed by atoms with E-state index in [0.717, 1.165) is 40.9 Å². The molecule has 3 aliphatic rings. The Hall–Kier alpha value is -3.43. The molecular formula is C35H36Cl3N3O5. The van der Waals surface area contributed by atoms with E-state index >= 15 is 0 Å². The number of rotatable bonds is 11. The number of nitrogens with one attached hydrogen (secondary N) is 1. The van der Waals surface area contributed by atoms with Gasteiger partial charge in [0, 0.05) is 50.3 Å². The molecule has 0 aromatic heterocycles. The van der Waals surface area contributed by atoms with Crippen molar-refractivity contribution in [2.75, 3.05) is 33.4 Å². The molecule has 1 saturated heterocycles. The molecule has 1 N–H and O–H groups in total. The van der Waals surface area contributed by atoms with Gasteiger partial charge in [0.15, 0.2) is 0 Å². The smallest absolute Gasteiger partial charge is 0.252 e. The Morgan fingerprint density at radius 3 is 2.37 bits per heavy atom. The van der Waals surface area contributed by atoms with Crippen LogP contribution in [-0.4, -0.2) is 73.2 Å². The van der Waals surface area contributed by atoms with E-state index in [-0.39, 0.29) is 43.2 Å². The number of fused-ring (bicyclic) bond motifs is 2. The minimum absolute atomic E-state index is 0.0140. The van der Waals surface area contributed by atoms with E-state index in [1.165, 1.54) is 0 Å². The molecular weight excluding hydrogens is 649 g/mol. The highest BCUT2D eigenvalue weighted by Crippen LogP contribution is 2.38. The van der Waals surface area contributed by atoms with Crippen LogP contribution in [0.2, 0.25) is 15.1 Å². The molecule has 2 atom stereocenters. The number of benzene rings is 3. The molecule has 11 heteroatoms. The van der Waals surface area contributed by atoms with Gasteiger partial charge in [-0.3, -0.25) is 9.59 Å². The fourth-order valence-electron chi connectivity index (χ4n) is 6.18. The van der Waals surface area contributed by atoms with Gasteiger partial charge in [0.2, 0.25) is 5.91 Å². The summed E-state index contributed by atoms with van der Waals surface area (Å²) in [6.07, 6.45) is 2.59. The summed E-state index contributed by atoms with van der Waals surface area (Å²) in [4.78, 5) is 30.8. The summed E-state index contributed by atoms with van der Waals surface area (Å²) in [7, 11) is 1.64. The number of hydrogen-bond donors (Lipinski definition) is 1. The first-order valence-corrected chi connectivity index (χ1v) is 16.5. The minimum Gasteiger partial charge on any atom is -0.497 e. The van der Waals surface area contributed by atoms with E-state index in [2.05, 4.69) is 5.32 Å². The average molecular weight is 685 g/mol. The third-order valence-electron chi connectivity index (χ3n) is 8.60. The Bertz CT molecular complexity index is 1640. The van der Waals surface area contributed by atoms with Crippen molar-refractivity contribution in [2.24, 2.45) is 0 Å². The Labute approximate surface area is 284 Å². The number of ether oxygens (including phenoxy) is 3. The summed E-state index contributed by atoms with van der Waals surface area (Å²) in [5, 5.41) is 4.75. The number of hydrogen-bond acceptors (Lipinski definition) is 6. The first kappa shape index (κ1) is 32.5. The fraction of sp³-hybridized carbons (Fsp3) is 0.371. The van der Waals surface area contributed by atoms with Gasteiger partial charge in [-0.15, -0.1) is 0 Å². The van der Waals surface area contributed by atoms with Gasteiger partial charge in [-0.25, -0.2) is 0 Å². The topological polar surface area (TPSA) is 80.3 Å². The maximum absolute atomic E-state index is 14.6. The van der Waals surface area contributed by atoms with E-state index < -0.39 is 0 Å². The molecule has 2 bridgehead atoms. The number of halogens is 3. The maximum atomic E-state index is 14.6. The third kappa shape index (κ3) is 7.41. The Balaban J connectivity index is 1.22. The van der Waals surface area contributed by atoms with Crippen LogP contribution >= 0.6 is 34.8 Å². The van der Waals surface area contributed by atoms with Crippen LogP contribution in [0.5, 0.6) is 17.2 Å². The summed E-state index contributed by atoms with van der Waals surface area (Å²) in [5.41, 5.74) is 3.74. The minimum atomic E-state index is -0.258. The number of carbonyl (C=O) groups is 2. The normalized spacial score (nSPS) is 19.1. The summed E-state index contributed by atoms with van der Waals surface area (Å²) in [6, 6.07) is 18.8. The average Bonchev–Trinajstić information content (AvgIpc) is 3.89. The monoisotopic (exact) mass is 683 g/mol. The molecule has 46 heavy (non-hydrogen) atoms. The predicted molar refractivity (Wildman–Crippen MR) is 180 cm³/mol. The van der Waals surface area contributed by atoms with Crippen LogP contribution in [0.3, 0.4) is 0 Å². The third-order valence-corrected chi connectivity index (χ3v) is 9.62. The summed E-state index contributed by atoms with van der Waals surface area (Å²) in [5.74, 6) is 1.91. The molecule has 2 amide bonds. The van der Waals surface area contributed by atoms with E-state index in [4.69, 9.17) is 49.0 Å². The van der Waals surface area contributed by atoms with Gasteiger partial charge in [-0.2, -0.15) is 0 Å². The van der Waals surface area contributed by atoms with Gasteiger partial charge < -0.3 is 29.3 Å². The zero-order chi connectivity index (χ0) is 32.4. The van der Waals surface area contributed by atoms with Crippen LogP contribution in [0.25, 0.3) is 5.57 Å². The molecule has 2 fully saturated rings. The van der Waals surface area contributed by atoms with Gasteiger partial charge in [-0.1, -0.05) is 59.1 Å². The van der Waals surface area contributed by atoms with Crippen LogP contribution in [0.1, 0.15) is 37.3 Å². The van der Waals surface area contributed by atoms with E-state index in [1.54, 1.807) is 26.2 Å². The molecule has 2 heterocycles. The van der Waals surface area contributed by atoms with Crippen molar-refractivity contribution in [3.8, 4) is 17.2 Å². The van der Waals surface area contributed by atoms with Crippen molar-refractivity contribution < 1.29 is 23.8 Å². The number of nitrogens with zero attached hydrogens (tertiary/aromatic N) is 2. The van der Waals surface area contributed by atoms with Crippen LogP contribution in [0.15, 0.2) is 66.2 Å². The molecule has 2 aliphatic heterocycles. The lowest BCUT2D eigenvalue weighted by Crippen LogP contribution is -2.61. The van der Waals surface area contributed by atoms with Gasteiger partial charge in [0.05, 0.1) is 28.2 Å². The molecule has 242 valence electrons. The van der Waals surface area contributed by atoms with Crippen molar-refractivity contribution in [1.29, 1.82) is 0 Å². The van der Waals surface area contributed by atoms with Crippen molar-refractivity contribution in [2.45, 2.75) is 50.9 Å². The number of methoxy groups -OCH3 is 1. The summed E-state index contributed by atoms with van der Waals surface area (Å²) in [6.45, 7) is 3.70. The highest BCUT2D eigenvalue weighted by Gasteiger charge is 2.43. The molecule has 8 nitrogen and oxygen atoms in total. The Morgan fingerprint density at radius 2 is 1.65 bits per heavy atom. The van der Waals surface area contributed by atoms with Crippen LogP contribution < -0.4 is 19.5 Å². The fourth-order valence-corrected chi connectivity index (χ4v) is 6.77. The molecule has 0 spiro atoms. The quantitative estimate of drug-likeness (QED) is 0.180. The van der Waals surface area contributed by atoms with Gasteiger partial charge in [0.1, 0.15) is 30.5 Å². The van der Waals surface area contributed by atoms with Crippen LogP contribution in [0, 0.1) is 0 Å². The predicted octanol–water partition coefficient (Wildman–Crippen LogP) is 6.65. The maximum Gasteiger partial charge on any atom is 0.252 e. The van der Waals surface area contributed by atoms with Gasteiger partial charge >= 0.3 is 0 Å². The molecule has 3 aromatic rings. The first-order chi connectivity index (χ1) is 22.2. The van der Waals surface area contributed by atoms with Crippen molar-refractivity contribution in [1.82, 2.24) is 15.1 Å². The highest BCUT2D eigenvalue weighted by atomic mass is 35.5. The van der Waals surface area contributed by atoms with E-state index in [1.807, 2.05) is 58.3 Å². The lowest BCUT2D eigenvalue weighted by atomic mass is 9.82. The second-order valence-electron chi connectivity index (χ2n) is 11.9. The largest absolute Gasteiger partial charge is 0.497 e. The lowest BCUT2D eigenvalue weighted by molar-refractivity contribution is -0.132. The zero-order valence-corrected chi connectivity index (χ0v) is 28.0. The molecule has 1 aliphatic carbocycles. The summed E-state index contributed by atoms with van der Waals surface area (Å²) < 4.78 is 17.1. The number of piperazine rings is 1. The summed E-state index contributed by atoms with van der Waals surface area (Å²) >= 11 is 18.3. The van der Waals surface area contributed by atoms with Crippen LogP contribution in [0.4, 0.5) is 0 Å². The Kier molecular flexibility index (Phi) is 9.99. The van der Waals surface area contributed by atoms with E-state index in [0.29, 0.717) is 52.6 Å². The van der Waals surface area contributed by atoms with Gasteiger partial charge in [-0.05, 0) is 66.3 Å². The lowest BCUT2D eigenvalue weighted by Gasteiger charge is -2.44. The number of carbonyl (C=O) groups excluding carboxylic acids is 2. The van der Waals surface area contributed by atoms with Crippen molar-refractivity contribution in [3.63, 3.8) is 0 Å². The second-order valence-corrected chi connectivity index (χ2v) is 13.1. The standard InChI is InChI=1S/C35H36Cl3N3O5/c1-21(42)40-19-24-15-28(23-6-10-26(11-7-23)45-12-13-46-33-17-30(37)29(36)16-31(33)38)34(32(20-40)39-24)35(43)41(25-8-9-25)18-22-4-3-5-27(14-22)44-2/h3-7,10-11,14,16-17,24-25,32,39H,8-9,12-13,15,18-20H2,1-2H3. The molecule has 6 rings (SSSR count). The molecule has 2 unspecified atom stereocenters. The molecule has 3 aromatic carbocycles. The van der Waals surface area contributed by atoms with Crippen molar-refractivity contribution >= 4 is 52.2 Å². The van der Waals surface area contributed by atoms with Crippen molar-refractivity contribution in [3.05, 3.63) is 92.4 Å². The molecule has 1 saturated carbocycles. The first-order valence-electron chi connectivity index (χ1n) is 15.4. The van der Waals surface area contributed by atoms with Crippen LogP contribution in [-0.2, 0) is 16.1 Å². The highest BCUT2D eigenvalue weighted by molar-refractivity contribution is 6.43. The second kappa shape index (κ2) is 14.1.